The fourth-order valence-electron chi connectivity index (χ4n) is 2.86. The highest BCUT2D eigenvalue weighted by molar-refractivity contribution is 7.10. The number of hydrogen-bond donors (Lipinski definition) is 1. The molecule has 1 N–H and O–H groups in total. The van der Waals surface area contributed by atoms with Gasteiger partial charge in [-0.1, -0.05) is 6.92 Å². The minimum absolute atomic E-state index is 0.516. The number of hydrogen-bond acceptors (Lipinski definition) is 3. The highest BCUT2D eigenvalue weighted by Crippen LogP contribution is 2.33. The number of thiophene rings is 1. The van der Waals surface area contributed by atoms with Gasteiger partial charge in [0.05, 0.1) is 6.54 Å². The maximum absolute atomic E-state index is 4.47. The Morgan fingerprint density at radius 1 is 1.53 bits per heavy atom. The molecule has 1 unspecified atom stereocenters. The molecule has 0 spiro atoms. The molecule has 0 aromatic carbocycles. The van der Waals surface area contributed by atoms with Gasteiger partial charge >= 0.3 is 0 Å². The van der Waals surface area contributed by atoms with E-state index in [1.54, 1.807) is 4.88 Å². The lowest BCUT2D eigenvalue weighted by Gasteiger charge is -2.23. The molecule has 0 bridgehead atoms. The number of aromatic nitrogens is 2. The first-order valence-corrected chi connectivity index (χ1v) is 8.06. The molecular formula is C15H21N3S. The van der Waals surface area contributed by atoms with E-state index in [-0.39, 0.29) is 0 Å². The van der Waals surface area contributed by atoms with Crippen molar-refractivity contribution in [3.05, 3.63) is 40.1 Å². The molecule has 3 rings (SSSR count). The lowest BCUT2D eigenvalue weighted by Crippen LogP contribution is -2.25. The van der Waals surface area contributed by atoms with E-state index >= 15 is 0 Å². The van der Waals surface area contributed by atoms with Crippen molar-refractivity contribution in [2.24, 2.45) is 0 Å². The van der Waals surface area contributed by atoms with E-state index in [0.717, 1.165) is 25.3 Å². The number of nitrogens with zero attached hydrogens (tertiary/aromatic N) is 2. The fourth-order valence-corrected chi connectivity index (χ4v) is 3.85. The molecule has 0 saturated carbocycles. The summed E-state index contributed by atoms with van der Waals surface area (Å²) in [6.45, 7) is 4.13. The average Bonchev–Trinajstić information content (AvgIpc) is 3.05. The predicted molar refractivity (Wildman–Crippen MR) is 79.4 cm³/mol. The summed E-state index contributed by atoms with van der Waals surface area (Å²) >= 11 is 1.90. The molecule has 19 heavy (non-hydrogen) atoms. The van der Waals surface area contributed by atoms with Crippen molar-refractivity contribution in [2.75, 3.05) is 0 Å². The second-order valence-electron chi connectivity index (χ2n) is 5.16. The molecule has 2 aromatic rings. The van der Waals surface area contributed by atoms with Gasteiger partial charge in [-0.2, -0.15) is 0 Å². The van der Waals surface area contributed by atoms with Crippen LogP contribution in [0.3, 0.4) is 0 Å². The normalized spacial score (nSPS) is 18.5. The maximum Gasteiger partial charge on any atom is 0.122 e. The summed E-state index contributed by atoms with van der Waals surface area (Å²) < 4.78 is 2.25. The Hall–Kier alpha value is -1.13. The molecule has 0 amide bonds. The van der Waals surface area contributed by atoms with Gasteiger partial charge in [0, 0.05) is 29.9 Å². The molecule has 0 saturated heterocycles. The molecule has 1 aliphatic carbocycles. The van der Waals surface area contributed by atoms with E-state index in [2.05, 4.69) is 39.4 Å². The minimum Gasteiger partial charge on any atom is -0.334 e. The van der Waals surface area contributed by atoms with Crippen molar-refractivity contribution in [3.8, 4) is 0 Å². The van der Waals surface area contributed by atoms with Gasteiger partial charge in [0.15, 0.2) is 0 Å². The highest BCUT2D eigenvalue weighted by atomic mass is 32.1. The number of fused-ring (bicyclic) bond motifs is 1. The van der Waals surface area contributed by atoms with Gasteiger partial charge in [-0.15, -0.1) is 11.3 Å². The monoisotopic (exact) mass is 275 g/mol. The van der Waals surface area contributed by atoms with Crippen molar-refractivity contribution >= 4 is 11.3 Å². The number of rotatable bonds is 5. The zero-order valence-electron chi connectivity index (χ0n) is 11.4. The van der Waals surface area contributed by atoms with Crippen LogP contribution in [0.1, 0.15) is 48.5 Å². The largest absolute Gasteiger partial charge is 0.334 e. The molecule has 0 fully saturated rings. The second kappa shape index (κ2) is 5.88. The summed E-state index contributed by atoms with van der Waals surface area (Å²) in [6.07, 6.45) is 8.95. The van der Waals surface area contributed by atoms with E-state index in [0.29, 0.717) is 6.04 Å². The van der Waals surface area contributed by atoms with E-state index in [1.165, 1.54) is 24.8 Å². The van der Waals surface area contributed by atoms with Gasteiger partial charge in [0.25, 0.3) is 0 Å². The van der Waals surface area contributed by atoms with Crippen molar-refractivity contribution in [1.82, 2.24) is 14.9 Å². The Morgan fingerprint density at radius 2 is 2.47 bits per heavy atom. The molecule has 102 valence electrons. The third-order valence-electron chi connectivity index (χ3n) is 3.82. The molecule has 4 heteroatoms. The highest BCUT2D eigenvalue weighted by Gasteiger charge is 2.20. The molecule has 1 atom stereocenters. The number of aryl methyl sites for hydroxylation is 2. The summed E-state index contributed by atoms with van der Waals surface area (Å²) in [4.78, 5) is 6.04. The summed E-state index contributed by atoms with van der Waals surface area (Å²) in [5.41, 5.74) is 1.52. The van der Waals surface area contributed by atoms with Crippen molar-refractivity contribution in [2.45, 2.75) is 51.7 Å². The zero-order valence-corrected chi connectivity index (χ0v) is 12.2. The lowest BCUT2D eigenvalue weighted by molar-refractivity contribution is 0.449. The Balaban J connectivity index is 1.66. The van der Waals surface area contributed by atoms with Crippen LogP contribution in [0.15, 0.2) is 23.8 Å². The van der Waals surface area contributed by atoms with E-state index in [1.807, 2.05) is 17.5 Å². The van der Waals surface area contributed by atoms with Crippen LogP contribution < -0.4 is 5.32 Å². The standard InChI is InChI=1S/C15H21N3S/c1-2-8-18-9-7-16-15(18)11-17-13-4-3-5-14-12(13)6-10-19-14/h6-7,9-10,13,17H,2-5,8,11H2,1H3. The first kappa shape index (κ1) is 12.9. The van der Waals surface area contributed by atoms with Crippen LogP contribution in [-0.4, -0.2) is 9.55 Å². The predicted octanol–water partition coefficient (Wildman–Crippen LogP) is 3.52. The Labute approximate surface area is 118 Å². The molecular weight excluding hydrogens is 254 g/mol. The maximum atomic E-state index is 4.47. The van der Waals surface area contributed by atoms with Gasteiger partial charge in [-0.05, 0) is 42.7 Å². The van der Waals surface area contributed by atoms with Crippen LogP contribution in [0, 0.1) is 0 Å². The van der Waals surface area contributed by atoms with E-state index in [4.69, 9.17) is 0 Å². The lowest BCUT2D eigenvalue weighted by atomic mass is 9.94. The van der Waals surface area contributed by atoms with Gasteiger partial charge in [-0.25, -0.2) is 4.98 Å². The van der Waals surface area contributed by atoms with Crippen LogP contribution in [-0.2, 0) is 19.5 Å². The Morgan fingerprint density at radius 3 is 3.37 bits per heavy atom. The Bertz CT molecular complexity index is 529. The SMILES string of the molecule is CCCn1ccnc1CNC1CCCc2sccc21. The van der Waals surface area contributed by atoms with Crippen molar-refractivity contribution in [1.29, 1.82) is 0 Å². The van der Waals surface area contributed by atoms with Gasteiger partial charge in [-0.3, -0.25) is 0 Å². The molecule has 0 radical (unpaired) electrons. The fraction of sp³-hybridized carbons (Fsp3) is 0.533. The van der Waals surface area contributed by atoms with E-state index in [9.17, 15) is 0 Å². The van der Waals surface area contributed by atoms with Gasteiger partial charge in [0.1, 0.15) is 5.82 Å². The van der Waals surface area contributed by atoms with Crippen LogP contribution in [0.2, 0.25) is 0 Å². The molecule has 0 aliphatic heterocycles. The minimum atomic E-state index is 0.516. The summed E-state index contributed by atoms with van der Waals surface area (Å²) in [7, 11) is 0. The zero-order chi connectivity index (χ0) is 13.1. The van der Waals surface area contributed by atoms with Crippen LogP contribution in [0.5, 0.6) is 0 Å². The Kier molecular flexibility index (Phi) is 3.99. The molecule has 2 heterocycles. The van der Waals surface area contributed by atoms with E-state index < -0.39 is 0 Å². The number of imidazole rings is 1. The smallest absolute Gasteiger partial charge is 0.122 e. The van der Waals surface area contributed by atoms with Crippen molar-refractivity contribution in [3.63, 3.8) is 0 Å². The summed E-state index contributed by atoms with van der Waals surface area (Å²) in [5, 5.41) is 5.91. The quantitative estimate of drug-likeness (QED) is 0.905. The van der Waals surface area contributed by atoms with Crippen LogP contribution >= 0.6 is 11.3 Å². The van der Waals surface area contributed by atoms with Gasteiger partial charge < -0.3 is 9.88 Å². The summed E-state index contributed by atoms with van der Waals surface area (Å²) in [5.74, 6) is 1.16. The van der Waals surface area contributed by atoms with Gasteiger partial charge in [0.2, 0.25) is 0 Å². The second-order valence-corrected chi connectivity index (χ2v) is 6.16. The topological polar surface area (TPSA) is 29.9 Å². The summed E-state index contributed by atoms with van der Waals surface area (Å²) in [6, 6.07) is 2.80. The first-order valence-electron chi connectivity index (χ1n) is 7.18. The molecule has 2 aromatic heterocycles. The third kappa shape index (κ3) is 2.74. The number of nitrogens with one attached hydrogen (secondary N) is 1. The van der Waals surface area contributed by atoms with Crippen LogP contribution in [0.4, 0.5) is 0 Å². The molecule has 3 nitrogen and oxygen atoms in total. The van der Waals surface area contributed by atoms with Crippen LogP contribution in [0.25, 0.3) is 0 Å². The molecule has 1 aliphatic rings. The van der Waals surface area contributed by atoms with Crippen molar-refractivity contribution < 1.29 is 0 Å². The first-order chi connectivity index (χ1) is 9.38. The average molecular weight is 275 g/mol. The third-order valence-corrected chi connectivity index (χ3v) is 4.82.